The number of anilines is 2. The van der Waals surface area contributed by atoms with Gasteiger partial charge in [-0.25, -0.2) is 0 Å². The maximum Gasteiger partial charge on any atom is 0.248 e. The Labute approximate surface area is 183 Å². The summed E-state index contributed by atoms with van der Waals surface area (Å²) in [5, 5.41) is 2.79. The summed E-state index contributed by atoms with van der Waals surface area (Å²) < 4.78 is 0. The van der Waals surface area contributed by atoms with Crippen LogP contribution >= 0.6 is 11.8 Å². The molecule has 0 fully saturated rings. The van der Waals surface area contributed by atoms with Gasteiger partial charge in [-0.3, -0.25) is 4.79 Å². The second-order valence-corrected chi connectivity index (χ2v) is 9.26. The molecular formula is C26H28N2OS. The van der Waals surface area contributed by atoms with Crippen LogP contribution in [-0.4, -0.2) is 5.91 Å². The van der Waals surface area contributed by atoms with E-state index in [1.165, 1.54) is 22.1 Å². The van der Waals surface area contributed by atoms with E-state index in [1.807, 2.05) is 36.0 Å². The van der Waals surface area contributed by atoms with Crippen LogP contribution in [0.3, 0.4) is 0 Å². The van der Waals surface area contributed by atoms with Crippen LogP contribution in [0.25, 0.3) is 6.08 Å². The van der Waals surface area contributed by atoms with Gasteiger partial charge in [0.15, 0.2) is 0 Å². The van der Waals surface area contributed by atoms with Crippen molar-refractivity contribution < 1.29 is 4.79 Å². The molecular weight excluding hydrogens is 388 g/mol. The largest absolute Gasteiger partial charge is 0.397 e. The standard InChI is InChI=1S/C26H28N2OS/c1-26(2,3)21-13-15-22(16-14-21)30-18-20-10-8-19(9-11-20)12-17-25(29)28-24-7-5-4-6-23(24)27/h4-17H,18,27H2,1-3H3,(H,28,29)/b17-12+. The molecule has 0 atom stereocenters. The topological polar surface area (TPSA) is 55.1 Å². The summed E-state index contributed by atoms with van der Waals surface area (Å²) in [6.07, 6.45) is 3.32. The quantitative estimate of drug-likeness (QED) is 0.273. The van der Waals surface area contributed by atoms with Gasteiger partial charge >= 0.3 is 0 Å². The molecule has 4 heteroatoms. The maximum atomic E-state index is 12.1. The van der Waals surface area contributed by atoms with Gasteiger partial charge in [0.2, 0.25) is 5.91 Å². The zero-order valence-electron chi connectivity index (χ0n) is 17.7. The molecule has 3 aromatic carbocycles. The molecule has 0 aliphatic carbocycles. The predicted molar refractivity (Wildman–Crippen MR) is 130 cm³/mol. The smallest absolute Gasteiger partial charge is 0.248 e. The predicted octanol–water partition coefficient (Wildman–Crippen LogP) is 6.51. The third-order valence-electron chi connectivity index (χ3n) is 4.75. The lowest BCUT2D eigenvalue weighted by atomic mass is 9.87. The van der Waals surface area contributed by atoms with Crippen molar-refractivity contribution in [2.24, 2.45) is 0 Å². The summed E-state index contributed by atoms with van der Waals surface area (Å²) in [5.41, 5.74) is 10.8. The summed E-state index contributed by atoms with van der Waals surface area (Å²) in [5.74, 6) is 0.707. The zero-order chi connectivity index (χ0) is 21.6. The molecule has 0 unspecified atom stereocenters. The lowest BCUT2D eigenvalue weighted by molar-refractivity contribution is -0.111. The second-order valence-electron chi connectivity index (χ2n) is 8.21. The molecule has 0 aliphatic rings. The van der Waals surface area contributed by atoms with Gasteiger partial charge in [0.1, 0.15) is 0 Å². The van der Waals surface area contributed by atoms with Gasteiger partial charge in [-0.2, -0.15) is 0 Å². The van der Waals surface area contributed by atoms with Gasteiger partial charge < -0.3 is 11.1 Å². The number of benzene rings is 3. The molecule has 0 radical (unpaired) electrons. The molecule has 3 nitrogen and oxygen atoms in total. The van der Waals surface area contributed by atoms with Crippen molar-refractivity contribution >= 4 is 35.1 Å². The minimum Gasteiger partial charge on any atom is -0.397 e. The first-order chi connectivity index (χ1) is 14.3. The van der Waals surface area contributed by atoms with Crippen LogP contribution in [0, 0.1) is 0 Å². The van der Waals surface area contributed by atoms with Crippen LogP contribution in [0.2, 0.25) is 0 Å². The number of carbonyl (C=O) groups is 1. The minimum absolute atomic E-state index is 0.178. The van der Waals surface area contributed by atoms with Crippen molar-refractivity contribution in [3.8, 4) is 0 Å². The number of nitrogens with one attached hydrogen (secondary N) is 1. The van der Waals surface area contributed by atoms with E-state index in [0.717, 1.165) is 11.3 Å². The Hall–Kier alpha value is -2.98. The molecule has 3 N–H and O–H groups in total. The first kappa shape index (κ1) is 21.7. The highest BCUT2D eigenvalue weighted by atomic mass is 32.2. The number of para-hydroxylation sites is 2. The van der Waals surface area contributed by atoms with Crippen LogP contribution in [0.15, 0.2) is 83.8 Å². The van der Waals surface area contributed by atoms with Crippen molar-refractivity contribution in [1.29, 1.82) is 0 Å². The lowest BCUT2D eigenvalue weighted by Crippen LogP contribution is -2.10. The van der Waals surface area contributed by atoms with Crippen LogP contribution in [0.5, 0.6) is 0 Å². The molecule has 0 saturated heterocycles. The third-order valence-corrected chi connectivity index (χ3v) is 5.83. The highest BCUT2D eigenvalue weighted by molar-refractivity contribution is 7.98. The van der Waals surface area contributed by atoms with E-state index in [9.17, 15) is 4.79 Å². The first-order valence-electron chi connectivity index (χ1n) is 9.97. The van der Waals surface area contributed by atoms with E-state index in [4.69, 9.17) is 5.73 Å². The molecule has 30 heavy (non-hydrogen) atoms. The minimum atomic E-state index is -0.203. The van der Waals surface area contributed by atoms with Gasteiger partial charge in [-0.05, 0) is 52.4 Å². The number of hydrogen-bond acceptors (Lipinski definition) is 3. The van der Waals surface area contributed by atoms with Crippen LogP contribution in [-0.2, 0) is 16.0 Å². The Kier molecular flexibility index (Phi) is 7.01. The molecule has 1 amide bonds. The average molecular weight is 417 g/mol. The number of nitrogens with two attached hydrogens (primary N) is 1. The number of amides is 1. The fourth-order valence-corrected chi connectivity index (χ4v) is 3.75. The van der Waals surface area contributed by atoms with Crippen LogP contribution in [0.1, 0.15) is 37.5 Å². The van der Waals surface area contributed by atoms with Crippen molar-refractivity contribution in [2.45, 2.75) is 36.8 Å². The summed E-state index contributed by atoms with van der Waals surface area (Å²) in [4.78, 5) is 13.4. The van der Waals surface area contributed by atoms with Crippen LogP contribution < -0.4 is 11.1 Å². The number of carbonyl (C=O) groups excluding carboxylic acids is 1. The summed E-state index contributed by atoms with van der Waals surface area (Å²) >= 11 is 1.83. The molecule has 0 saturated carbocycles. The summed E-state index contributed by atoms with van der Waals surface area (Å²) in [6.45, 7) is 6.68. The fraction of sp³-hybridized carbons (Fsp3) is 0.192. The van der Waals surface area contributed by atoms with Gasteiger partial charge in [0, 0.05) is 16.7 Å². The molecule has 0 aromatic heterocycles. The summed E-state index contributed by atoms with van der Waals surface area (Å²) in [7, 11) is 0. The average Bonchev–Trinajstić information content (AvgIpc) is 2.73. The molecule has 3 rings (SSSR count). The Morgan fingerprint density at radius 1 is 0.967 bits per heavy atom. The van der Waals surface area contributed by atoms with Gasteiger partial charge in [0.25, 0.3) is 0 Å². The van der Waals surface area contributed by atoms with Crippen molar-refractivity contribution in [3.63, 3.8) is 0 Å². The van der Waals surface area contributed by atoms with E-state index in [2.05, 4.69) is 62.5 Å². The number of hydrogen-bond donors (Lipinski definition) is 2. The van der Waals surface area contributed by atoms with E-state index >= 15 is 0 Å². The molecule has 0 aliphatic heterocycles. The number of nitrogen functional groups attached to an aromatic ring is 1. The van der Waals surface area contributed by atoms with E-state index in [-0.39, 0.29) is 11.3 Å². The Morgan fingerprint density at radius 2 is 1.63 bits per heavy atom. The molecule has 0 bridgehead atoms. The molecule has 0 spiro atoms. The first-order valence-corrected chi connectivity index (χ1v) is 11.0. The fourth-order valence-electron chi connectivity index (χ4n) is 2.90. The van der Waals surface area contributed by atoms with E-state index < -0.39 is 0 Å². The highest BCUT2D eigenvalue weighted by Gasteiger charge is 2.12. The van der Waals surface area contributed by atoms with E-state index in [0.29, 0.717) is 11.4 Å². The Balaban J connectivity index is 1.52. The maximum absolute atomic E-state index is 12.1. The van der Waals surface area contributed by atoms with Gasteiger partial charge in [-0.1, -0.05) is 69.3 Å². The highest BCUT2D eigenvalue weighted by Crippen LogP contribution is 2.27. The van der Waals surface area contributed by atoms with Gasteiger partial charge in [0.05, 0.1) is 11.4 Å². The number of thioether (sulfide) groups is 1. The van der Waals surface area contributed by atoms with Crippen LogP contribution in [0.4, 0.5) is 11.4 Å². The number of rotatable bonds is 6. The second kappa shape index (κ2) is 9.68. The third kappa shape index (κ3) is 6.26. The van der Waals surface area contributed by atoms with Crippen molar-refractivity contribution in [3.05, 3.63) is 95.6 Å². The van der Waals surface area contributed by atoms with Gasteiger partial charge in [-0.15, -0.1) is 11.8 Å². The monoisotopic (exact) mass is 416 g/mol. The Bertz CT molecular complexity index is 1020. The van der Waals surface area contributed by atoms with Crippen molar-refractivity contribution in [1.82, 2.24) is 0 Å². The molecule has 0 heterocycles. The SMILES string of the molecule is CC(C)(C)c1ccc(SCc2ccc(/C=C/C(=O)Nc3ccccc3N)cc2)cc1. The molecule has 154 valence electrons. The normalized spacial score (nSPS) is 11.6. The van der Waals surface area contributed by atoms with E-state index in [1.54, 1.807) is 18.2 Å². The zero-order valence-corrected chi connectivity index (χ0v) is 18.5. The lowest BCUT2D eigenvalue weighted by Gasteiger charge is -2.19. The molecule has 3 aromatic rings. The Morgan fingerprint density at radius 3 is 2.27 bits per heavy atom. The summed E-state index contributed by atoms with van der Waals surface area (Å²) in [6, 6.07) is 24.3. The van der Waals surface area contributed by atoms with Crippen molar-refractivity contribution in [2.75, 3.05) is 11.1 Å².